The lowest BCUT2D eigenvalue weighted by atomic mass is 10.1. The second-order valence-corrected chi connectivity index (χ2v) is 6.53. The minimum absolute atomic E-state index is 0.198. The number of fused-ring (bicyclic) bond motifs is 3. The van der Waals surface area contributed by atoms with Crippen LogP contribution in [0.25, 0.3) is 21.9 Å². The Morgan fingerprint density at radius 3 is 2.69 bits per heavy atom. The van der Waals surface area contributed by atoms with E-state index in [9.17, 15) is 14.7 Å². The number of aryl methyl sites for hydroxylation is 1. The number of anilines is 1. The molecule has 0 saturated heterocycles. The van der Waals surface area contributed by atoms with Crippen molar-refractivity contribution in [3.8, 4) is 0 Å². The third kappa shape index (κ3) is 4.16. The van der Waals surface area contributed by atoms with Gasteiger partial charge in [0.25, 0.3) is 0 Å². The highest BCUT2D eigenvalue weighted by molar-refractivity contribution is 6.06. The van der Waals surface area contributed by atoms with E-state index >= 15 is 0 Å². The van der Waals surface area contributed by atoms with Crippen LogP contribution in [0.3, 0.4) is 0 Å². The van der Waals surface area contributed by atoms with E-state index in [0.29, 0.717) is 23.4 Å². The molecule has 146 valence electrons. The van der Waals surface area contributed by atoms with Gasteiger partial charge in [0.05, 0.1) is 5.69 Å². The lowest BCUT2D eigenvalue weighted by molar-refractivity contribution is -0.139. The molecule has 0 spiro atoms. The maximum Gasteiger partial charge on any atom is 0.326 e. The second kappa shape index (κ2) is 7.97. The first kappa shape index (κ1) is 18.4. The predicted octanol–water partition coefficient (Wildman–Crippen LogP) is 3.58. The summed E-state index contributed by atoms with van der Waals surface area (Å²) in [7, 11) is 0. The predicted molar refractivity (Wildman–Crippen MR) is 108 cm³/mol. The van der Waals surface area contributed by atoms with E-state index in [1.807, 2.05) is 30.3 Å². The Balaban J connectivity index is 1.43. The molecule has 2 aromatic carbocycles. The molecule has 1 unspecified atom stereocenters. The highest BCUT2D eigenvalue weighted by Gasteiger charge is 2.20. The fourth-order valence-corrected chi connectivity index (χ4v) is 3.14. The molecular formula is C21H18N4O4. The zero-order chi connectivity index (χ0) is 20.2. The Hall–Kier alpha value is -3.94. The molecule has 0 fully saturated rings. The van der Waals surface area contributed by atoms with E-state index in [4.69, 9.17) is 4.42 Å². The zero-order valence-corrected chi connectivity index (χ0v) is 15.3. The summed E-state index contributed by atoms with van der Waals surface area (Å²) in [6.07, 6.45) is 5.24. The summed E-state index contributed by atoms with van der Waals surface area (Å²) >= 11 is 0. The first-order valence-corrected chi connectivity index (χ1v) is 9.06. The molecule has 2 aromatic heterocycles. The number of aliphatic carboxylic acids is 1. The molecule has 0 saturated carbocycles. The van der Waals surface area contributed by atoms with Crippen LogP contribution < -0.4 is 10.6 Å². The molecule has 0 aliphatic carbocycles. The molecule has 0 aliphatic rings. The molecule has 29 heavy (non-hydrogen) atoms. The van der Waals surface area contributed by atoms with Crippen molar-refractivity contribution in [1.82, 2.24) is 15.3 Å². The van der Waals surface area contributed by atoms with Gasteiger partial charge >= 0.3 is 12.0 Å². The maximum absolute atomic E-state index is 12.3. The van der Waals surface area contributed by atoms with Crippen LogP contribution >= 0.6 is 0 Å². The van der Waals surface area contributed by atoms with Gasteiger partial charge < -0.3 is 20.2 Å². The summed E-state index contributed by atoms with van der Waals surface area (Å²) in [5, 5.41) is 16.5. The number of benzene rings is 2. The van der Waals surface area contributed by atoms with Crippen LogP contribution in [0.4, 0.5) is 10.5 Å². The number of urea groups is 1. The third-order valence-electron chi connectivity index (χ3n) is 4.55. The molecule has 3 N–H and O–H groups in total. The number of carboxylic acids is 1. The Morgan fingerprint density at radius 1 is 1.07 bits per heavy atom. The summed E-state index contributed by atoms with van der Waals surface area (Å²) in [5.41, 5.74) is 2.57. The summed E-state index contributed by atoms with van der Waals surface area (Å²) in [5.74, 6) is -1.11. The monoisotopic (exact) mass is 390 g/mol. The number of nitrogens with one attached hydrogen (secondary N) is 2. The van der Waals surface area contributed by atoms with Gasteiger partial charge in [-0.05, 0) is 31.0 Å². The fourth-order valence-electron chi connectivity index (χ4n) is 3.14. The van der Waals surface area contributed by atoms with Crippen LogP contribution in [0.1, 0.15) is 12.1 Å². The summed E-state index contributed by atoms with van der Waals surface area (Å²) < 4.78 is 5.80. The van der Waals surface area contributed by atoms with Gasteiger partial charge in [-0.25, -0.2) is 9.59 Å². The molecule has 2 heterocycles. The summed E-state index contributed by atoms with van der Waals surface area (Å²) in [6.45, 7) is 0. The zero-order valence-electron chi connectivity index (χ0n) is 15.3. The van der Waals surface area contributed by atoms with Gasteiger partial charge in [-0.1, -0.05) is 18.2 Å². The number of rotatable bonds is 6. The highest BCUT2D eigenvalue weighted by atomic mass is 16.4. The van der Waals surface area contributed by atoms with Gasteiger partial charge in [0, 0.05) is 41.1 Å². The van der Waals surface area contributed by atoms with Gasteiger partial charge in [-0.3, -0.25) is 9.97 Å². The van der Waals surface area contributed by atoms with Gasteiger partial charge in [0.15, 0.2) is 0 Å². The lowest BCUT2D eigenvalue weighted by Gasteiger charge is -2.15. The molecule has 0 aliphatic heterocycles. The number of amides is 2. The van der Waals surface area contributed by atoms with Crippen molar-refractivity contribution in [2.75, 3.05) is 5.32 Å². The molecule has 4 rings (SSSR count). The number of hydrogen-bond donors (Lipinski definition) is 3. The first-order valence-electron chi connectivity index (χ1n) is 9.06. The van der Waals surface area contributed by atoms with E-state index in [1.165, 1.54) is 0 Å². The number of carbonyl (C=O) groups excluding carboxylic acids is 1. The van der Waals surface area contributed by atoms with E-state index in [1.54, 1.807) is 30.7 Å². The average Bonchev–Trinajstić information content (AvgIpc) is 3.09. The Morgan fingerprint density at radius 2 is 1.90 bits per heavy atom. The maximum atomic E-state index is 12.3. The molecule has 1 atom stereocenters. The number of furan rings is 1. The Kier molecular flexibility index (Phi) is 5.07. The van der Waals surface area contributed by atoms with E-state index in [2.05, 4.69) is 20.6 Å². The van der Waals surface area contributed by atoms with Crippen LogP contribution in [0, 0.1) is 0 Å². The second-order valence-electron chi connectivity index (χ2n) is 6.53. The van der Waals surface area contributed by atoms with Gasteiger partial charge in [-0.15, -0.1) is 0 Å². The van der Waals surface area contributed by atoms with Gasteiger partial charge in [-0.2, -0.15) is 0 Å². The molecule has 8 nitrogen and oxygen atoms in total. The summed E-state index contributed by atoms with van der Waals surface area (Å²) in [4.78, 5) is 31.8. The Bertz CT molecular complexity index is 1170. The van der Waals surface area contributed by atoms with Crippen molar-refractivity contribution >= 4 is 39.6 Å². The largest absolute Gasteiger partial charge is 0.480 e. The molecule has 2 amide bonds. The van der Waals surface area contributed by atoms with E-state index in [-0.39, 0.29) is 6.42 Å². The third-order valence-corrected chi connectivity index (χ3v) is 4.55. The van der Waals surface area contributed by atoms with Crippen molar-refractivity contribution in [1.29, 1.82) is 0 Å². The van der Waals surface area contributed by atoms with Crippen molar-refractivity contribution < 1.29 is 19.1 Å². The van der Waals surface area contributed by atoms with Crippen LogP contribution in [0.5, 0.6) is 0 Å². The van der Waals surface area contributed by atoms with E-state index < -0.39 is 18.0 Å². The standard InChI is InChI=1S/C21H18N4O4/c26-20(27)17(8-6-14-12-22-9-10-23-14)25-21(28)24-13-5-7-16-15-3-1-2-4-18(15)29-19(16)11-13/h1-5,7,9-12,17H,6,8H2,(H,26,27)(H2,24,25,28). The van der Waals surface area contributed by atoms with Crippen molar-refractivity contribution in [3.63, 3.8) is 0 Å². The van der Waals surface area contributed by atoms with Crippen molar-refractivity contribution in [2.24, 2.45) is 0 Å². The van der Waals surface area contributed by atoms with Crippen LogP contribution in [-0.4, -0.2) is 33.1 Å². The van der Waals surface area contributed by atoms with Crippen molar-refractivity contribution in [2.45, 2.75) is 18.9 Å². The number of aromatic nitrogens is 2. The number of para-hydroxylation sites is 1. The molecule has 4 aromatic rings. The highest BCUT2D eigenvalue weighted by Crippen LogP contribution is 2.30. The minimum Gasteiger partial charge on any atom is -0.480 e. The SMILES string of the molecule is O=C(Nc1ccc2c(c1)oc1ccccc12)NC(CCc1cnccn1)C(=O)O. The lowest BCUT2D eigenvalue weighted by Crippen LogP contribution is -2.43. The van der Waals surface area contributed by atoms with E-state index in [0.717, 1.165) is 16.4 Å². The topological polar surface area (TPSA) is 117 Å². The molecule has 8 heteroatoms. The number of carboxylic acid groups (broad SMARTS) is 1. The number of carbonyl (C=O) groups is 2. The van der Waals surface area contributed by atoms with Crippen LogP contribution in [0.2, 0.25) is 0 Å². The molecule has 0 radical (unpaired) electrons. The smallest absolute Gasteiger partial charge is 0.326 e. The van der Waals surface area contributed by atoms with Crippen LogP contribution in [0.15, 0.2) is 65.5 Å². The fraction of sp³-hybridized carbons (Fsp3) is 0.143. The quantitative estimate of drug-likeness (QED) is 0.463. The number of nitrogens with zero attached hydrogens (tertiary/aromatic N) is 2. The Labute approximate surface area is 165 Å². The number of hydrogen-bond acceptors (Lipinski definition) is 5. The first-order chi connectivity index (χ1) is 14.1. The van der Waals surface area contributed by atoms with Crippen molar-refractivity contribution in [3.05, 3.63) is 66.7 Å². The van der Waals surface area contributed by atoms with Gasteiger partial charge in [0.1, 0.15) is 17.2 Å². The molecular weight excluding hydrogens is 372 g/mol. The normalized spacial score (nSPS) is 12.0. The van der Waals surface area contributed by atoms with Gasteiger partial charge in [0.2, 0.25) is 0 Å². The van der Waals surface area contributed by atoms with Crippen LogP contribution in [-0.2, 0) is 11.2 Å². The minimum atomic E-state index is -1.11. The summed E-state index contributed by atoms with van der Waals surface area (Å²) in [6, 6.07) is 11.3. The molecule has 0 bridgehead atoms. The average molecular weight is 390 g/mol.